The van der Waals surface area contributed by atoms with E-state index in [1.165, 1.54) is 11.8 Å². The highest BCUT2D eigenvalue weighted by molar-refractivity contribution is 7.99. The van der Waals surface area contributed by atoms with Gasteiger partial charge in [0, 0.05) is 29.7 Å². The Morgan fingerprint density at radius 3 is 2.96 bits per heavy atom. The molecule has 0 radical (unpaired) electrons. The van der Waals surface area contributed by atoms with Crippen molar-refractivity contribution in [2.45, 2.75) is 18.8 Å². The molecule has 1 amide bonds. The first kappa shape index (κ1) is 17.3. The second-order valence-electron chi connectivity index (χ2n) is 5.70. The van der Waals surface area contributed by atoms with Crippen molar-refractivity contribution < 1.29 is 14.1 Å². The molecule has 7 heteroatoms. The Bertz CT molecular complexity index is 689. The maximum absolute atomic E-state index is 12.2. The number of benzene rings is 1. The summed E-state index contributed by atoms with van der Waals surface area (Å²) in [5, 5.41) is 4.76. The van der Waals surface area contributed by atoms with Crippen LogP contribution >= 0.6 is 23.4 Å². The molecule has 1 unspecified atom stereocenters. The van der Waals surface area contributed by atoms with E-state index in [0.29, 0.717) is 36.2 Å². The molecule has 1 aliphatic rings. The first-order valence-electron chi connectivity index (χ1n) is 7.80. The van der Waals surface area contributed by atoms with Crippen LogP contribution in [0.4, 0.5) is 0 Å². The van der Waals surface area contributed by atoms with Crippen LogP contribution in [0.15, 0.2) is 34.9 Å². The fourth-order valence-electron chi connectivity index (χ4n) is 2.51. The van der Waals surface area contributed by atoms with Crippen LogP contribution in [-0.4, -0.2) is 47.5 Å². The van der Waals surface area contributed by atoms with E-state index >= 15 is 0 Å². The van der Waals surface area contributed by atoms with Crippen molar-refractivity contribution in [2.24, 2.45) is 0 Å². The average molecular weight is 367 g/mol. The first-order valence-corrected chi connectivity index (χ1v) is 9.34. The number of carbonyl (C=O) groups excluding carboxylic acids is 1. The predicted octanol–water partition coefficient (Wildman–Crippen LogP) is 3.48. The van der Waals surface area contributed by atoms with Gasteiger partial charge in [-0.2, -0.15) is 0 Å². The quantitative estimate of drug-likeness (QED) is 0.810. The van der Waals surface area contributed by atoms with E-state index in [2.05, 4.69) is 5.16 Å². The molecule has 0 spiro atoms. The largest absolute Gasteiger partial charge is 0.375 e. The van der Waals surface area contributed by atoms with E-state index in [9.17, 15) is 4.79 Å². The highest BCUT2D eigenvalue weighted by Gasteiger charge is 2.21. The monoisotopic (exact) mass is 366 g/mol. The molecular formula is C17H19ClN2O3S. The molecule has 0 saturated carbocycles. The van der Waals surface area contributed by atoms with Crippen molar-refractivity contribution in [1.82, 2.24) is 10.1 Å². The average Bonchev–Trinajstić information content (AvgIpc) is 3.04. The Hall–Kier alpha value is -1.50. The number of nitrogens with zero attached hydrogens (tertiary/aromatic N) is 2. The number of carbonyl (C=O) groups is 1. The van der Waals surface area contributed by atoms with E-state index in [4.69, 9.17) is 20.9 Å². The lowest BCUT2D eigenvalue weighted by Crippen LogP contribution is -2.45. The molecule has 3 rings (SSSR count). The maximum atomic E-state index is 12.2. The number of ether oxygens (including phenoxy) is 1. The topological polar surface area (TPSA) is 55.6 Å². The SMILES string of the molecule is CC1CN(C(=O)CSCc2cc(-c3ccc(Cl)cc3)no2)CCO1. The van der Waals surface area contributed by atoms with Crippen molar-refractivity contribution in [2.75, 3.05) is 25.4 Å². The molecule has 5 nitrogen and oxygen atoms in total. The lowest BCUT2D eigenvalue weighted by Gasteiger charge is -2.31. The van der Waals surface area contributed by atoms with Crippen molar-refractivity contribution in [3.8, 4) is 11.3 Å². The van der Waals surface area contributed by atoms with Crippen LogP contribution in [0.2, 0.25) is 5.02 Å². The van der Waals surface area contributed by atoms with Crippen molar-refractivity contribution >= 4 is 29.3 Å². The summed E-state index contributed by atoms with van der Waals surface area (Å²) in [5.74, 6) is 1.95. The third-order valence-electron chi connectivity index (χ3n) is 3.76. The van der Waals surface area contributed by atoms with Gasteiger partial charge in [0.2, 0.25) is 5.91 Å². The number of aromatic nitrogens is 1. The fourth-order valence-corrected chi connectivity index (χ4v) is 3.44. The number of morpholine rings is 1. The molecule has 2 aromatic rings. The third kappa shape index (κ3) is 4.53. The number of halogens is 1. The minimum atomic E-state index is 0.115. The van der Waals surface area contributed by atoms with Gasteiger partial charge < -0.3 is 14.2 Å². The number of thioether (sulfide) groups is 1. The van der Waals surface area contributed by atoms with E-state index in [1.54, 1.807) is 0 Å². The summed E-state index contributed by atoms with van der Waals surface area (Å²) < 4.78 is 10.8. The Morgan fingerprint density at radius 1 is 1.42 bits per heavy atom. The molecule has 1 aromatic heterocycles. The van der Waals surface area contributed by atoms with E-state index in [0.717, 1.165) is 17.0 Å². The van der Waals surface area contributed by atoms with Gasteiger partial charge in [-0.15, -0.1) is 11.8 Å². The van der Waals surface area contributed by atoms with Crippen LogP contribution in [0.1, 0.15) is 12.7 Å². The zero-order chi connectivity index (χ0) is 16.9. The fraction of sp³-hybridized carbons (Fsp3) is 0.412. The molecule has 1 saturated heterocycles. The minimum absolute atomic E-state index is 0.115. The summed E-state index contributed by atoms with van der Waals surface area (Å²) in [6, 6.07) is 9.35. The summed E-state index contributed by atoms with van der Waals surface area (Å²) in [6.07, 6.45) is 0.115. The molecule has 0 bridgehead atoms. The number of amides is 1. The summed E-state index contributed by atoms with van der Waals surface area (Å²) in [4.78, 5) is 14.0. The second-order valence-corrected chi connectivity index (χ2v) is 7.12. The van der Waals surface area contributed by atoms with Crippen molar-refractivity contribution in [3.05, 3.63) is 41.1 Å². The zero-order valence-corrected chi connectivity index (χ0v) is 15.0. The third-order valence-corrected chi connectivity index (χ3v) is 4.95. The van der Waals surface area contributed by atoms with Crippen molar-refractivity contribution in [3.63, 3.8) is 0 Å². The van der Waals surface area contributed by atoms with Crippen LogP contribution in [0.5, 0.6) is 0 Å². The molecule has 1 fully saturated rings. The standard InChI is InChI=1S/C17H19ClN2O3S/c1-12-9-20(6-7-22-12)17(21)11-24-10-15-8-16(19-23-15)13-2-4-14(18)5-3-13/h2-5,8,12H,6-7,9-11H2,1H3. The molecule has 1 aliphatic heterocycles. The van der Waals surface area contributed by atoms with E-state index in [1.807, 2.05) is 42.2 Å². The molecule has 128 valence electrons. The highest BCUT2D eigenvalue weighted by atomic mass is 35.5. The molecule has 0 aliphatic carbocycles. The van der Waals surface area contributed by atoms with Crippen LogP contribution in [-0.2, 0) is 15.3 Å². The van der Waals surface area contributed by atoms with Crippen LogP contribution in [0, 0.1) is 0 Å². The minimum Gasteiger partial charge on any atom is -0.375 e. The van der Waals surface area contributed by atoms with Gasteiger partial charge in [-0.3, -0.25) is 4.79 Å². The van der Waals surface area contributed by atoms with Gasteiger partial charge in [0.1, 0.15) is 11.5 Å². The highest BCUT2D eigenvalue weighted by Crippen LogP contribution is 2.23. The Labute approximate surface area is 150 Å². The Morgan fingerprint density at radius 2 is 2.21 bits per heavy atom. The molecule has 1 atom stereocenters. The molecular weight excluding hydrogens is 348 g/mol. The Kier molecular flexibility index (Phi) is 5.81. The first-order chi connectivity index (χ1) is 11.6. The van der Waals surface area contributed by atoms with Gasteiger partial charge in [0.25, 0.3) is 0 Å². The van der Waals surface area contributed by atoms with Gasteiger partial charge in [-0.05, 0) is 19.1 Å². The predicted molar refractivity (Wildman–Crippen MR) is 95.1 cm³/mol. The van der Waals surface area contributed by atoms with E-state index in [-0.39, 0.29) is 12.0 Å². The lowest BCUT2D eigenvalue weighted by molar-refractivity contribution is -0.135. The maximum Gasteiger partial charge on any atom is 0.232 e. The molecule has 1 aromatic carbocycles. The van der Waals surface area contributed by atoms with Gasteiger partial charge in [-0.25, -0.2) is 0 Å². The summed E-state index contributed by atoms with van der Waals surface area (Å²) >= 11 is 7.42. The Balaban J connectivity index is 1.49. The van der Waals surface area contributed by atoms with Gasteiger partial charge in [-0.1, -0.05) is 28.9 Å². The van der Waals surface area contributed by atoms with Crippen molar-refractivity contribution in [1.29, 1.82) is 0 Å². The van der Waals surface area contributed by atoms with Gasteiger partial charge >= 0.3 is 0 Å². The molecule has 0 N–H and O–H groups in total. The molecule has 24 heavy (non-hydrogen) atoms. The summed E-state index contributed by atoms with van der Waals surface area (Å²) in [7, 11) is 0. The van der Waals surface area contributed by atoms with E-state index < -0.39 is 0 Å². The van der Waals surface area contributed by atoms with Crippen LogP contribution < -0.4 is 0 Å². The smallest absolute Gasteiger partial charge is 0.232 e. The lowest BCUT2D eigenvalue weighted by atomic mass is 10.1. The number of hydrogen-bond donors (Lipinski definition) is 0. The number of hydrogen-bond acceptors (Lipinski definition) is 5. The zero-order valence-electron chi connectivity index (χ0n) is 13.4. The second kappa shape index (κ2) is 8.05. The van der Waals surface area contributed by atoms with Crippen LogP contribution in [0.25, 0.3) is 11.3 Å². The normalized spacial score (nSPS) is 17.9. The summed E-state index contributed by atoms with van der Waals surface area (Å²) in [6.45, 7) is 3.94. The molecule has 2 heterocycles. The van der Waals surface area contributed by atoms with Gasteiger partial charge in [0.15, 0.2) is 0 Å². The van der Waals surface area contributed by atoms with Gasteiger partial charge in [0.05, 0.1) is 24.2 Å². The number of rotatable bonds is 5. The summed E-state index contributed by atoms with van der Waals surface area (Å²) in [5.41, 5.74) is 1.73. The van der Waals surface area contributed by atoms with Crippen LogP contribution in [0.3, 0.4) is 0 Å².